The van der Waals surface area contributed by atoms with Crippen LogP contribution in [0.4, 0.5) is 0 Å². The van der Waals surface area contributed by atoms with Gasteiger partial charge in [-0.05, 0) is 42.5 Å². The van der Waals surface area contributed by atoms with Crippen LogP contribution in [0.3, 0.4) is 0 Å². The quantitative estimate of drug-likeness (QED) is 0.732. The van der Waals surface area contributed by atoms with Gasteiger partial charge in [0.1, 0.15) is 0 Å². The Morgan fingerprint density at radius 3 is 2.25 bits per heavy atom. The van der Waals surface area contributed by atoms with E-state index in [0.29, 0.717) is 0 Å². The Kier molecular flexibility index (Phi) is 3.87. The molecule has 0 atom stereocenters. The molecule has 1 fully saturated rings. The van der Waals surface area contributed by atoms with Crippen LogP contribution in [-0.2, 0) is 0 Å². The molecule has 1 aliphatic heterocycles. The molecule has 0 spiro atoms. The van der Waals surface area contributed by atoms with Crippen molar-refractivity contribution in [3.8, 4) is 0 Å². The fraction of sp³-hybridized carbons (Fsp3) is 0.263. The number of likely N-dealkylation sites (tertiary alicyclic amines) is 1. The van der Waals surface area contributed by atoms with Gasteiger partial charge in [-0.3, -0.25) is 0 Å². The Balaban J connectivity index is 2.03. The number of rotatable bonds is 3. The van der Waals surface area contributed by atoms with E-state index in [2.05, 4.69) is 72.5 Å². The maximum absolute atomic E-state index is 2.52. The van der Waals surface area contributed by atoms with Crippen molar-refractivity contribution in [3.05, 3.63) is 71.3 Å². The minimum Gasteiger partial charge on any atom is -0.371 e. The summed E-state index contributed by atoms with van der Waals surface area (Å²) in [4.78, 5) is 2.52. The molecule has 1 heterocycles. The lowest BCUT2D eigenvalue weighted by Crippen LogP contribution is -2.17. The molecule has 102 valence electrons. The minimum atomic E-state index is 1.17. The standard InChI is InChI=1S/C19H21N/c1-16-9-5-6-12-18(16)15-19(20-13-7-8-14-20)17-10-3-2-4-11-17/h2-6,9-12,15H,7-8,13-14H2,1H3/b19-15+. The predicted octanol–water partition coefficient (Wildman–Crippen LogP) is 4.59. The van der Waals surface area contributed by atoms with Gasteiger partial charge in [-0.1, -0.05) is 54.6 Å². The summed E-state index contributed by atoms with van der Waals surface area (Å²) in [5, 5.41) is 0. The maximum Gasteiger partial charge on any atom is 0.0445 e. The number of nitrogens with zero attached hydrogens (tertiary/aromatic N) is 1. The Morgan fingerprint density at radius 2 is 1.55 bits per heavy atom. The van der Waals surface area contributed by atoms with Crippen molar-refractivity contribution in [2.75, 3.05) is 13.1 Å². The summed E-state index contributed by atoms with van der Waals surface area (Å²) in [6, 6.07) is 19.3. The molecule has 1 saturated heterocycles. The monoisotopic (exact) mass is 263 g/mol. The molecule has 1 heteroatoms. The number of benzene rings is 2. The second-order valence-corrected chi connectivity index (χ2v) is 5.45. The van der Waals surface area contributed by atoms with Crippen molar-refractivity contribution < 1.29 is 0 Å². The van der Waals surface area contributed by atoms with Crippen LogP contribution in [0.2, 0.25) is 0 Å². The molecule has 1 nitrogen and oxygen atoms in total. The first-order chi connectivity index (χ1) is 9.84. The molecule has 0 aromatic heterocycles. The highest BCUT2D eigenvalue weighted by Gasteiger charge is 2.16. The third-order valence-electron chi connectivity index (χ3n) is 4.00. The summed E-state index contributed by atoms with van der Waals surface area (Å²) >= 11 is 0. The van der Waals surface area contributed by atoms with E-state index in [1.54, 1.807) is 0 Å². The average molecular weight is 263 g/mol. The average Bonchev–Trinajstić information content (AvgIpc) is 3.01. The molecule has 0 saturated carbocycles. The molecule has 20 heavy (non-hydrogen) atoms. The molecule has 0 unspecified atom stereocenters. The SMILES string of the molecule is Cc1ccccc1/C=C(\c1ccccc1)N1CCCC1. The summed E-state index contributed by atoms with van der Waals surface area (Å²) in [6.45, 7) is 4.53. The van der Waals surface area contributed by atoms with E-state index in [-0.39, 0.29) is 0 Å². The minimum absolute atomic E-state index is 1.17. The zero-order valence-electron chi connectivity index (χ0n) is 12.0. The van der Waals surface area contributed by atoms with Gasteiger partial charge < -0.3 is 4.90 Å². The summed E-state index contributed by atoms with van der Waals surface area (Å²) in [5.74, 6) is 0. The molecule has 2 aromatic carbocycles. The highest BCUT2D eigenvalue weighted by atomic mass is 15.1. The molecule has 0 amide bonds. The normalized spacial score (nSPS) is 15.7. The largest absolute Gasteiger partial charge is 0.371 e. The summed E-state index contributed by atoms with van der Waals surface area (Å²) in [5.41, 5.74) is 5.33. The molecule has 2 aromatic rings. The number of aryl methyl sites for hydroxylation is 1. The summed E-state index contributed by atoms with van der Waals surface area (Å²) < 4.78 is 0. The van der Waals surface area contributed by atoms with Crippen LogP contribution in [0.1, 0.15) is 29.5 Å². The van der Waals surface area contributed by atoms with Gasteiger partial charge in [-0.2, -0.15) is 0 Å². The third-order valence-corrected chi connectivity index (χ3v) is 4.00. The molecular formula is C19H21N. The van der Waals surface area contributed by atoms with E-state index in [4.69, 9.17) is 0 Å². The molecular weight excluding hydrogens is 242 g/mol. The highest BCUT2D eigenvalue weighted by Crippen LogP contribution is 2.27. The van der Waals surface area contributed by atoms with E-state index >= 15 is 0 Å². The van der Waals surface area contributed by atoms with Gasteiger partial charge in [0.05, 0.1) is 0 Å². The first-order valence-electron chi connectivity index (χ1n) is 7.42. The predicted molar refractivity (Wildman–Crippen MR) is 86.3 cm³/mol. The zero-order valence-corrected chi connectivity index (χ0v) is 12.0. The fourth-order valence-electron chi connectivity index (χ4n) is 2.82. The molecule has 0 aliphatic carbocycles. The van der Waals surface area contributed by atoms with Crippen LogP contribution in [0.5, 0.6) is 0 Å². The van der Waals surface area contributed by atoms with Gasteiger partial charge in [0, 0.05) is 18.8 Å². The van der Waals surface area contributed by atoms with Crippen molar-refractivity contribution in [3.63, 3.8) is 0 Å². The molecule has 0 radical (unpaired) electrons. The van der Waals surface area contributed by atoms with E-state index in [9.17, 15) is 0 Å². The smallest absolute Gasteiger partial charge is 0.0445 e. The first kappa shape index (κ1) is 13.0. The van der Waals surface area contributed by atoms with Crippen molar-refractivity contribution in [2.45, 2.75) is 19.8 Å². The van der Waals surface area contributed by atoms with Crippen molar-refractivity contribution in [1.29, 1.82) is 0 Å². The summed E-state index contributed by atoms with van der Waals surface area (Å²) in [7, 11) is 0. The third kappa shape index (κ3) is 2.77. The highest BCUT2D eigenvalue weighted by molar-refractivity contribution is 5.81. The van der Waals surface area contributed by atoms with Crippen LogP contribution in [0.25, 0.3) is 11.8 Å². The van der Waals surface area contributed by atoms with E-state index < -0.39 is 0 Å². The van der Waals surface area contributed by atoms with Crippen LogP contribution in [0.15, 0.2) is 54.6 Å². The van der Waals surface area contributed by atoms with Gasteiger partial charge in [-0.15, -0.1) is 0 Å². The van der Waals surface area contributed by atoms with E-state index in [0.717, 1.165) is 0 Å². The Morgan fingerprint density at radius 1 is 0.900 bits per heavy atom. The summed E-state index contributed by atoms with van der Waals surface area (Å²) in [6.07, 6.45) is 4.95. The Hall–Kier alpha value is -2.02. The molecule has 1 aliphatic rings. The van der Waals surface area contributed by atoms with Crippen LogP contribution in [0, 0.1) is 6.92 Å². The number of hydrogen-bond donors (Lipinski definition) is 0. The Labute approximate surface area is 121 Å². The molecule has 3 rings (SSSR count). The van der Waals surface area contributed by atoms with Crippen LogP contribution < -0.4 is 0 Å². The number of hydrogen-bond acceptors (Lipinski definition) is 1. The van der Waals surface area contributed by atoms with Crippen LogP contribution in [-0.4, -0.2) is 18.0 Å². The van der Waals surface area contributed by atoms with Crippen molar-refractivity contribution >= 4 is 11.8 Å². The lowest BCUT2D eigenvalue weighted by Gasteiger charge is -2.22. The zero-order chi connectivity index (χ0) is 13.8. The van der Waals surface area contributed by atoms with Gasteiger partial charge in [0.2, 0.25) is 0 Å². The van der Waals surface area contributed by atoms with Gasteiger partial charge in [0.25, 0.3) is 0 Å². The Bertz CT molecular complexity index is 592. The van der Waals surface area contributed by atoms with Gasteiger partial charge >= 0.3 is 0 Å². The second-order valence-electron chi connectivity index (χ2n) is 5.45. The first-order valence-corrected chi connectivity index (χ1v) is 7.42. The van der Waals surface area contributed by atoms with Crippen LogP contribution >= 0.6 is 0 Å². The maximum atomic E-state index is 2.52. The second kappa shape index (κ2) is 5.96. The van der Waals surface area contributed by atoms with Crippen molar-refractivity contribution in [1.82, 2.24) is 4.90 Å². The van der Waals surface area contributed by atoms with Gasteiger partial charge in [0.15, 0.2) is 0 Å². The van der Waals surface area contributed by atoms with Crippen molar-refractivity contribution in [2.24, 2.45) is 0 Å². The van der Waals surface area contributed by atoms with E-state index in [1.807, 2.05) is 0 Å². The van der Waals surface area contributed by atoms with Gasteiger partial charge in [-0.25, -0.2) is 0 Å². The topological polar surface area (TPSA) is 3.24 Å². The molecule has 0 bridgehead atoms. The van der Waals surface area contributed by atoms with E-state index in [1.165, 1.54) is 48.3 Å². The lowest BCUT2D eigenvalue weighted by atomic mass is 10.0. The lowest BCUT2D eigenvalue weighted by molar-refractivity contribution is 0.495. The molecule has 0 N–H and O–H groups in total. The fourth-order valence-corrected chi connectivity index (χ4v) is 2.82.